The molecule has 0 bridgehead atoms. The van der Waals surface area contributed by atoms with Gasteiger partial charge in [0.2, 0.25) is 0 Å². The Morgan fingerprint density at radius 3 is 2.45 bits per heavy atom. The van der Waals surface area contributed by atoms with Crippen molar-refractivity contribution in [1.82, 2.24) is 19.9 Å². The van der Waals surface area contributed by atoms with Crippen LogP contribution in [0.15, 0.2) is 79.3 Å². The number of carbonyl (C=O) groups excluding carboxylic acids is 2. The fraction of sp³-hybridized carbons (Fsp3) is 0.120. The third kappa shape index (κ3) is 3.64. The second-order valence-corrected chi connectivity index (χ2v) is 7.53. The number of hydrogen-bond donors (Lipinski definition) is 1. The first-order valence-electron chi connectivity index (χ1n) is 10.1. The van der Waals surface area contributed by atoms with E-state index in [0.717, 1.165) is 28.1 Å². The molecule has 3 aromatic heterocycles. The molecule has 6 heteroatoms. The number of nitrogens with zero attached hydrogens (tertiary/aromatic N) is 3. The number of rotatable bonds is 4. The van der Waals surface area contributed by atoms with Gasteiger partial charge in [0.25, 0.3) is 5.91 Å². The van der Waals surface area contributed by atoms with Gasteiger partial charge < -0.3 is 9.88 Å². The minimum absolute atomic E-state index is 0.0395. The van der Waals surface area contributed by atoms with Gasteiger partial charge >= 0.3 is 0 Å². The zero-order valence-corrected chi connectivity index (χ0v) is 16.8. The predicted octanol–water partition coefficient (Wildman–Crippen LogP) is 3.90. The second-order valence-electron chi connectivity index (χ2n) is 7.53. The van der Waals surface area contributed by atoms with E-state index >= 15 is 0 Å². The monoisotopic (exact) mass is 408 g/mol. The van der Waals surface area contributed by atoms with Crippen LogP contribution >= 0.6 is 0 Å². The fourth-order valence-electron chi connectivity index (χ4n) is 4.09. The van der Waals surface area contributed by atoms with Gasteiger partial charge in [-0.3, -0.25) is 19.6 Å². The molecule has 0 fully saturated rings. The summed E-state index contributed by atoms with van der Waals surface area (Å²) in [6, 6.07) is 19.1. The van der Waals surface area contributed by atoms with Crippen LogP contribution in [0.25, 0.3) is 11.3 Å². The lowest BCUT2D eigenvalue weighted by molar-refractivity contribution is 0.0672. The maximum Gasteiger partial charge on any atom is 0.273 e. The molecule has 0 radical (unpaired) electrons. The van der Waals surface area contributed by atoms with Crippen LogP contribution in [0.1, 0.15) is 37.7 Å². The quantitative estimate of drug-likeness (QED) is 0.555. The summed E-state index contributed by atoms with van der Waals surface area (Å²) in [6.07, 6.45) is 5.68. The van der Waals surface area contributed by atoms with E-state index in [1.165, 1.54) is 0 Å². The minimum Gasteiger partial charge on any atom is -0.356 e. The SMILES string of the molecule is O=C1CN(C(=O)c2ccccn2)Cc2[nH]c(-c3ccncc3)c(Cc3ccccc3)c21. The molecule has 0 spiro atoms. The number of aromatic amines is 1. The Labute approximate surface area is 179 Å². The number of fused-ring (bicyclic) bond motifs is 1. The molecule has 4 aromatic rings. The van der Waals surface area contributed by atoms with Crippen LogP contribution in [0.2, 0.25) is 0 Å². The second kappa shape index (κ2) is 7.99. The number of benzene rings is 1. The summed E-state index contributed by atoms with van der Waals surface area (Å²) in [5, 5.41) is 0. The average molecular weight is 408 g/mol. The normalized spacial score (nSPS) is 13.2. The highest BCUT2D eigenvalue weighted by Gasteiger charge is 2.33. The standard InChI is InChI=1S/C25H20N4O2/c30-22-16-29(25(31)20-8-4-5-11-27-20)15-21-23(22)19(14-17-6-2-1-3-7-17)24(28-21)18-9-12-26-13-10-18/h1-13,28H,14-16H2. The van der Waals surface area contributed by atoms with Gasteiger partial charge in [-0.25, -0.2) is 0 Å². The molecule has 0 atom stereocenters. The van der Waals surface area contributed by atoms with E-state index in [1.807, 2.05) is 30.3 Å². The Morgan fingerprint density at radius 2 is 1.71 bits per heavy atom. The molecule has 0 aliphatic carbocycles. The zero-order chi connectivity index (χ0) is 21.2. The molecule has 1 N–H and O–H groups in total. The maximum absolute atomic E-state index is 13.2. The van der Waals surface area contributed by atoms with Gasteiger partial charge in [-0.1, -0.05) is 36.4 Å². The first kappa shape index (κ1) is 18.9. The van der Waals surface area contributed by atoms with Crippen molar-refractivity contribution in [2.24, 2.45) is 0 Å². The number of pyridine rings is 2. The highest BCUT2D eigenvalue weighted by Crippen LogP contribution is 2.33. The van der Waals surface area contributed by atoms with E-state index in [0.29, 0.717) is 24.2 Å². The van der Waals surface area contributed by atoms with Crippen molar-refractivity contribution in [2.75, 3.05) is 6.54 Å². The first-order valence-corrected chi connectivity index (χ1v) is 10.1. The lowest BCUT2D eigenvalue weighted by atomic mass is 9.93. The van der Waals surface area contributed by atoms with E-state index < -0.39 is 0 Å². The number of amides is 1. The van der Waals surface area contributed by atoms with Gasteiger partial charge in [0.05, 0.1) is 18.8 Å². The van der Waals surface area contributed by atoms with Crippen LogP contribution < -0.4 is 0 Å². The third-order valence-electron chi connectivity index (χ3n) is 5.51. The molecular formula is C25H20N4O2. The van der Waals surface area contributed by atoms with Gasteiger partial charge in [0, 0.05) is 41.8 Å². The molecule has 31 heavy (non-hydrogen) atoms. The van der Waals surface area contributed by atoms with Crippen LogP contribution in [0.4, 0.5) is 0 Å². The summed E-state index contributed by atoms with van der Waals surface area (Å²) >= 11 is 0. The van der Waals surface area contributed by atoms with Crippen LogP contribution in [-0.2, 0) is 13.0 Å². The molecule has 0 unspecified atom stereocenters. The fourth-order valence-corrected chi connectivity index (χ4v) is 4.09. The Hall–Kier alpha value is -4.06. The smallest absolute Gasteiger partial charge is 0.273 e. The Morgan fingerprint density at radius 1 is 0.935 bits per heavy atom. The van der Waals surface area contributed by atoms with Crippen molar-refractivity contribution >= 4 is 11.7 Å². The van der Waals surface area contributed by atoms with Crippen LogP contribution in [0.5, 0.6) is 0 Å². The number of hydrogen-bond acceptors (Lipinski definition) is 4. The number of aromatic nitrogens is 3. The summed E-state index contributed by atoms with van der Waals surface area (Å²) in [6.45, 7) is 0.376. The van der Waals surface area contributed by atoms with E-state index in [1.54, 1.807) is 41.7 Å². The summed E-state index contributed by atoms with van der Waals surface area (Å²) < 4.78 is 0. The van der Waals surface area contributed by atoms with E-state index in [9.17, 15) is 9.59 Å². The lowest BCUT2D eigenvalue weighted by Crippen LogP contribution is -2.39. The molecular weight excluding hydrogens is 388 g/mol. The molecule has 1 aliphatic heterocycles. The third-order valence-corrected chi connectivity index (χ3v) is 5.51. The Balaban J connectivity index is 1.56. The number of H-pyrrole nitrogens is 1. The van der Waals surface area contributed by atoms with E-state index in [4.69, 9.17) is 0 Å². The molecule has 0 saturated carbocycles. The molecule has 0 saturated heterocycles. The molecule has 1 aromatic carbocycles. The van der Waals surface area contributed by atoms with Crippen LogP contribution in [0.3, 0.4) is 0 Å². The molecule has 152 valence electrons. The molecule has 4 heterocycles. The van der Waals surface area contributed by atoms with Crippen molar-refractivity contribution < 1.29 is 9.59 Å². The largest absolute Gasteiger partial charge is 0.356 e. The summed E-state index contributed by atoms with van der Waals surface area (Å²) in [5.41, 5.74) is 5.74. The van der Waals surface area contributed by atoms with Crippen LogP contribution in [0, 0.1) is 0 Å². The van der Waals surface area contributed by atoms with Gasteiger partial charge in [-0.2, -0.15) is 0 Å². The van der Waals surface area contributed by atoms with Crippen molar-refractivity contribution in [3.05, 3.63) is 107 Å². The zero-order valence-electron chi connectivity index (χ0n) is 16.8. The highest BCUT2D eigenvalue weighted by atomic mass is 16.2. The topological polar surface area (TPSA) is 79.0 Å². The molecule has 1 aliphatic rings. The molecule has 1 amide bonds. The maximum atomic E-state index is 13.2. The summed E-state index contributed by atoms with van der Waals surface area (Å²) in [7, 11) is 0. The summed E-state index contributed by atoms with van der Waals surface area (Å²) in [4.78, 5) is 39.4. The van der Waals surface area contributed by atoms with E-state index in [-0.39, 0.29) is 18.2 Å². The lowest BCUT2D eigenvalue weighted by Gasteiger charge is -2.26. The van der Waals surface area contributed by atoms with Gasteiger partial charge in [-0.05, 0) is 35.4 Å². The highest BCUT2D eigenvalue weighted by molar-refractivity contribution is 6.06. The number of Topliss-reactive ketones (excluding diaryl/α,β-unsaturated/α-hetero) is 1. The van der Waals surface area contributed by atoms with Gasteiger partial charge in [0.1, 0.15) is 5.69 Å². The van der Waals surface area contributed by atoms with Gasteiger partial charge in [-0.15, -0.1) is 0 Å². The van der Waals surface area contributed by atoms with Crippen molar-refractivity contribution in [2.45, 2.75) is 13.0 Å². The average Bonchev–Trinajstić information content (AvgIpc) is 3.19. The number of carbonyl (C=O) groups is 2. The van der Waals surface area contributed by atoms with Crippen molar-refractivity contribution in [3.63, 3.8) is 0 Å². The first-order chi connectivity index (χ1) is 15.2. The van der Waals surface area contributed by atoms with Gasteiger partial charge in [0.15, 0.2) is 5.78 Å². The number of ketones is 1. The predicted molar refractivity (Wildman–Crippen MR) is 117 cm³/mol. The molecule has 5 rings (SSSR count). The van der Waals surface area contributed by atoms with Crippen LogP contribution in [-0.4, -0.2) is 38.1 Å². The Kier molecular flexibility index (Phi) is 4.88. The molecule has 6 nitrogen and oxygen atoms in total. The summed E-state index contributed by atoms with van der Waals surface area (Å²) in [5.74, 6) is -0.308. The van der Waals surface area contributed by atoms with Crippen molar-refractivity contribution in [1.29, 1.82) is 0 Å². The number of nitrogens with one attached hydrogen (secondary N) is 1. The minimum atomic E-state index is -0.246. The van der Waals surface area contributed by atoms with E-state index in [2.05, 4.69) is 27.1 Å². The Bertz CT molecular complexity index is 1230. The van der Waals surface area contributed by atoms with Crippen molar-refractivity contribution in [3.8, 4) is 11.3 Å².